The first-order chi connectivity index (χ1) is 11.5. The van der Waals surface area contributed by atoms with Crippen molar-refractivity contribution < 1.29 is 17.9 Å². The van der Waals surface area contributed by atoms with E-state index in [9.17, 15) is 13.2 Å². The minimum absolute atomic E-state index is 0.0679. The molecule has 0 aromatic carbocycles. The average molecular weight is 354 g/mol. The molecule has 1 N–H and O–H groups in total. The summed E-state index contributed by atoms with van der Waals surface area (Å²) in [5.41, 5.74) is 0. The smallest absolute Gasteiger partial charge is 0.254 e. The second-order valence-electron chi connectivity index (χ2n) is 6.11. The quantitative estimate of drug-likeness (QED) is 0.826. The Morgan fingerprint density at radius 2 is 2.21 bits per heavy atom. The molecule has 2 aliphatic rings. The number of amides is 1. The highest BCUT2D eigenvalue weighted by molar-refractivity contribution is 7.91. The molecule has 3 rings (SSSR count). The summed E-state index contributed by atoms with van der Waals surface area (Å²) in [5, 5.41) is 10.9. The molecule has 2 unspecified atom stereocenters. The summed E-state index contributed by atoms with van der Waals surface area (Å²) in [6, 6.07) is 3.37. The molecule has 8 nitrogen and oxygen atoms in total. The Labute approximate surface area is 141 Å². The van der Waals surface area contributed by atoms with E-state index < -0.39 is 15.9 Å². The number of hydrogen-bond acceptors (Lipinski definition) is 7. The van der Waals surface area contributed by atoms with Gasteiger partial charge < -0.3 is 15.0 Å². The predicted octanol–water partition coefficient (Wildman–Crippen LogP) is 0.607. The number of hydrogen-bond donors (Lipinski definition) is 1. The topological polar surface area (TPSA) is 101 Å². The molecule has 1 amide bonds. The minimum atomic E-state index is -2.95. The van der Waals surface area contributed by atoms with Gasteiger partial charge in [0, 0.05) is 19.2 Å². The molecule has 3 heterocycles. The van der Waals surface area contributed by atoms with E-state index in [1.165, 1.54) is 0 Å². The molecular formula is C15H22N4O4S. The number of nitrogens with one attached hydrogen (secondary N) is 1. The highest BCUT2D eigenvalue weighted by atomic mass is 32.2. The zero-order valence-electron chi connectivity index (χ0n) is 13.6. The van der Waals surface area contributed by atoms with Crippen LogP contribution in [0.3, 0.4) is 0 Å². The fourth-order valence-electron chi connectivity index (χ4n) is 3.16. The van der Waals surface area contributed by atoms with Gasteiger partial charge in [0.05, 0.1) is 11.5 Å². The van der Waals surface area contributed by atoms with E-state index in [0.29, 0.717) is 31.2 Å². The first-order valence-corrected chi connectivity index (χ1v) is 10.0. The summed E-state index contributed by atoms with van der Waals surface area (Å²) in [5.74, 6) is 1.16. The molecule has 0 aliphatic carbocycles. The first-order valence-electron chi connectivity index (χ1n) is 8.22. The van der Waals surface area contributed by atoms with Gasteiger partial charge in [-0.1, -0.05) is 0 Å². The SMILES string of the molecule is CCN(c1ccc(NC(=O)C2CCCO2)nn1)C1CCS(=O)(=O)C1. The highest BCUT2D eigenvalue weighted by Crippen LogP contribution is 2.23. The fourth-order valence-corrected chi connectivity index (χ4v) is 4.90. The van der Waals surface area contributed by atoms with Gasteiger partial charge in [0.1, 0.15) is 6.10 Å². The summed E-state index contributed by atoms with van der Waals surface area (Å²) >= 11 is 0. The van der Waals surface area contributed by atoms with Crippen LogP contribution in [0.15, 0.2) is 12.1 Å². The molecule has 0 bridgehead atoms. The first kappa shape index (κ1) is 17.1. The molecule has 1 aromatic heterocycles. The van der Waals surface area contributed by atoms with E-state index >= 15 is 0 Å². The lowest BCUT2D eigenvalue weighted by Crippen LogP contribution is -2.37. The van der Waals surface area contributed by atoms with Crippen molar-refractivity contribution in [3.8, 4) is 0 Å². The van der Waals surface area contributed by atoms with Crippen molar-refractivity contribution >= 4 is 27.4 Å². The summed E-state index contributed by atoms with van der Waals surface area (Å²) in [4.78, 5) is 13.9. The van der Waals surface area contributed by atoms with Gasteiger partial charge in [-0.05, 0) is 38.3 Å². The van der Waals surface area contributed by atoms with Crippen molar-refractivity contribution in [1.29, 1.82) is 0 Å². The van der Waals surface area contributed by atoms with Gasteiger partial charge in [-0.25, -0.2) is 8.42 Å². The maximum absolute atomic E-state index is 12.0. The number of rotatable bonds is 5. The molecule has 2 saturated heterocycles. The van der Waals surface area contributed by atoms with Gasteiger partial charge in [-0.2, -0.15) is 0 Å². The number of nitrogens with zero attached hydrogens (tertiary/aromatic N) is 3. The van der Waals surface area contributed by atoms with Gasteiger partial charge in [0.15, 0.2) is 21.5 Å². The van der Waals surface area contributed by atoms with Crippen LogP contribution >= 0.6 is 0 Å². The lowest BCUT2D eigenvalue weighted by molar-refractivity contribution is -0.124. The molecule has 0 spiro atoms. The number of anilines is 2. The third-order valence-electron chi connectivity index (χ3n) is 4.41. The average Bonchev–Trinajstić information content (AvgIpc) is 3.19. The fraction of sp³-hybridized carbons (Fsp3) is 0.667. The number of ether oxygens (including phenoxy) is 1. The number of aromatic nitrogens is 2. The third kappa shape index (κ3) is 3.84. The lowest BCUT2D eigenvalue weighted by Gasteiger charge is -2.27. The minimum Gasteiger partial charge on any atom is -0.368 e. The molecule has 132 valence electrons. The van der Waals surface area contributed by atoms with Gasteiger partial charge in [-0.15, -0.1) is 10.2 Å². The summed E-state index contributed by atoms with van der Waals surface area (Å²) < 4.78 is 28.7. The van der Waals surface area contributed by atoms with Crippen LogP contribution in [0.5, 0.6) is 0 Å². The molecule has 9 heteroatoms. The van der Waals surface area contributed by atoms with Crippen molar-refractivity contribution in [2.24, 2.45) is 0 Å². The Bertz CT molecular complexity index is 686. The van der Waals surface area contributed by atoms with Crippen molar-refractivity contribution in [3.63, 3.8) is 0 Å². The molecule has 2 aliphatic heterocycles. The van der Waals surface area contributed by atoms with Crippen molar-refractivity contribution in [1.82, 2.24) is 10.2 Å². The maximum atomic E-state index is 12.0. The van der Waals surface area contributed by atoms with Gasteiger partial charge in [0.25, 0.3) is 5.91 Å². The summed E-state index contributed by atoms with van der Waals surface area (Å²) in [6.07, 6.45) is 1.80. The predicted molar refractivity (Wildman–Crippen MR) is 89.7 cm³/mol. The van der Waals surface area contributed by atoms with Crippen LogP contribution in [0.2, 0.25) is 0 Å². The zero-order chi connectivity index (χ0) is 17.2. The van der Waals surface area contributed by atoms with E-state index in [4.69, 9.17) is 4.74 Å². The largest absolute Gasteiger partial charge is 0.368 e. The Kier molecular flexibility index (Phi) is 5.00. The van der Waals surface area contributed by atoms with E-state index in [1.54, 1.807) is 12.1 Å². The van der Waals surface area contributed by atoms with Gasteiger partial charge in [0.2, 0.25) is 0 Å². The van der Waals surface area contributed by atoms with Crippen molar-refractivity contribution in [3.05, 3.63) is 12.1 Å². The van der Waals surface area contributed by atoms with E-state index in [-0.39, 0.29) is 23.5 Å². The normalized spacial score (nSPS) is 25.5. The van der Waals surface area contributed by atoms with E-state index in [0.717, 1.165) is 12.8 Å². The van der Waals surface area contributed by atoms with Gasteiger partial charge in [-0.3, -0.25) is 4.79 Å². The molecule has 2 atom stereocenters. The maximum Gasteiger partial charge on any atom is 0.254 e. The van der Waals surface area contributed by atoms with Crippen LogP contribution in [0.1, 0.15) is 26.2 Å². The van der Waals surface area contributed by atoms with E-state index in [1.807, 2.05) is 11.8 Å². The lowest BCUT2D eigenvalue weighted by atomic mass is 10.2. The second-order valence-corrected chi connectivity index (χ2v) is 8.34. The van der Waals surface area contributed by atoms with Crippen LogP contribution in [0, 0.1) is 0 Å². The van der Waals surface area contributed by atoms with Crippen LogP contribution in [0.4, 0.5) is 11.6 Å². The summed E-state index contributed by atoms with van der Waals surface area (Å²) in [7, 11) is -2.95. The van der Waals surface area contributed by atoms with Crippen LogP contribution in [-0.2, 0) is 19.4 Å². The molecular weight excluding hydrogens is 332 g/mol. The number of sulfone groups is 1. The Balaban J connectivity index is 1.65. The Morgan fingerprint density at radius 1 is 1.38 bits per heavy atom. The van der Waals surface area contributed by atoms with Crippen LogP contribution in [-0.4, -0.2) is 61.3 Å². The monoisotopic (exact) mass is 354 g/mol. The Morgan fingerprint density at radius 3 is 2.75 bits per heavy atom. The number of carbonyl (C=O) groups excluding carboxylic acids is 1. The summed E-state index contributed by atoms with van der Waals surface area (Å²) in [6.45, 7) is 3.22. The van der Waals surface area contributed by atoms with Crippen LogP contribution < -0.4 is 10.2 Å². The Hall–Kier alpha value is -1.74. The molecule has 2 fully saturated rings. The van der Waals surface area contributed by atoms with Crippen molar-refractivity contribution in [2.45, 2.75) is 38.3 Å². The molecule has 0 saturated carbocycles. The van der Waals surface area contributed by atoms with Crippen LogP contribution in [0.25, 0.3) is 0 Å². The van der Waals surface area contributed by atoms with Gasteiger partial charge >= 0.3 is 0 Å². The zero-order valence-corrected chi connectivity index (χ0v) is 14.5. The standard InChI is InChI=1S/C15H22N4O4S/c1-2-19(11-7-9-24(21,22)10-11)14-6-5-13(17-18-14)16-15(20)12-4-3-8-23-12/h5-6,11-12H,2-4,7-10H2,1H3,(H,16,17,20). The second kappa shape index (κ2) is 7.02. The third-order valence-corrected chi connectivity index (χ3v) is 6.16. The highest BCUT2D eigenvalue weighted by Gasteiger charge is 2.32. The molecule has 24 heavy (non-hydrogen) atoms. The molecule has 1 aromatic rings. The van der Waals surface area contributed by atoms with E-state index in [2.05, 4.69) is 15.5 Å². The molecule has 0 radical (unpaired) electrons. The number of carbonyl (C=O) groups is 1. The van der Waals surface area contributed by atoms with Crippen molar-refractivity contribution in [2.75, 3.05) is 34.9 Å².